The van der Waals surface area contributed by atoms with Crippen molar-refractivity contribution in [2.24, 2.45) is 0 Å². The third-order valence-corrected chi connectivity index (χ3v) is 11.2. The molecule has 0 unspecified atom stereocenters. The van der Waals surface area contributed by atoms with Crippen LogP contribution in [0.5, 0.6) is 0 Å². The van der Waals surface area contributed by atoms with Gasteiger partial charge in [0.15, 0.2) is 11.6 Å². The molecule has 226 valence electrons. The van der Waals surface area contributed by atoms with E-state index in [1.165, 1.54) is 20.9 Å². The minimum atomic E-state index is -0.548. The predicted octanol–water partition coefficient (Wildman–Crippen LogP) is 9.33. The highest BCUT2D eigenvalue weighted by atomic mass is 32.1. The Morgan fingerprint density at radius 3 is 1.94 bits per heavy atom. The van der Waals surface area contributed by atoms with Crippen molar-refractivity contribution < 1.29 is 0 Å². The van der Waals surface area contributed by atoms with E-state index >= 15 is 0 Å². The molecule has 0 atom stereocenters. The van der Waals surface area contributed by atoms with Gasteiger partial charge >= 0.3 is 0 Å². The van der Waals surface area contributed by atoms with Crippen molar-refractivity contribution in [3.63, 3.8) is 0 Å². The van der Waals surface area contributed by atoms with Crippen LogP contribution in [0.4, 0.5) is 17.5 Å². The molecular formula is C39H23N7S2. The van der Waals surface area contributed by atoms with Gasteiger partial charge in [-0.15, -0.1) is 22.7 Å². The predicted molar refractivity (Wildman–Crippen MR) is 191 cm³/mol. The molecule has 5 aromatic heterocycles. The van der Waals surface area contributed by atoms with Crippen LogP contribution in [0.1, 0.15) is 22.3 Å². The Labute approximate surface area is 284 Å². The van der Waals surface area contributed by atoms with Crippen molar-refractivity contribution in [1.29, 1.82) is 0 Å². The first-order valence-electron chi connectivity index (χ1n) is 15.5. The summed E-state index contributed by atoms with van der Waals surface area (Å²) in [5.74, 6) is 2.39. The summed E-state index contributed by atoms with van der Waals surface area (Å²) >= 11 is 3.58. The van der Waals surface area contributed by atoms with Crippen LogP contribution in [-0.2, 0) is 5.41 Å². The van der Waals surface area contributed by atoms with Crippen molar-refractivity contribution in [3.8, 4) is 43.8 Å². The van der Waals surface area contributed by atoms with Gasteiger partial charge in [-0.05, 0) is 57.8 Å². The molecule has 0 radical (unpaired) electrons. The fourth-order valence-electron chi connectivity index (χ4n) is 7.13. The molecule has 7 nitrogen and oxygen atoms in total. The van der Waals surface area contributed by atoms with E-state index in [2.05, 4.69) is 74.2 Å². The number of hydrogen-bond acceptors (Lipinski definition) is 9. The summed E-state index contributed by atoms with van der Waals surface area (Å²) in [4.78, 5) is 34.1. The summed E-state index contributed by atoms with van der Waals surface area (Å²) in [6.45, 7) is 0. The number of nitrogens with zero attached hydrogens (tertiary/aromatic N) is 7. The zero-order valence-corrected chi connectivity index (χ0v) is 26.9. The molecule has 1 spiro atoms. The van der Waals surface area contributed by atoms with Crippen molar-refractivity contribution in [2.45, 2.75) is 5.41 Å². The molecule has 0 amide bonds. The van der Waals surface area contributed by atoms with Gasteiger partial charge in [0, 0.05) is 44.4 Å². The Hall–Kier alpha value is -5.90. The molecule has 0 saturated heterocycles. The van der Waals surface area contributed by atoms with Crippen LogP contribution in [0.25, 0.3) is 43.8 Å². The van der Waals surface area contributed by atoms with Gasteiger partial charge in [0.1, 0.15) is 12.1 Å². The number of anilines is 3. The first-order chi connectivity index (χ1) is 23.8. The quantitative estimate of drug-likeness (QED) is 0.187. The Morgan fingerprint density at radius 2 is 1.21 bits per heavy atom. The summed E-state index contributed by atoms with van der Waals surface area (Å²) in [6, 6.07) is 37.2. The Bertz CT molecular complexity index is 2380. The summed E-state index contributed by atoms with van der Waals surface area (Å²) in [6.07, 6.45) is 5.39. The number of pyridine rings is 1. The average molecular weight is 654 g/mol. The monoisotopic (exact) mass is 653 g/mol. The van der Waals surface area contributed by atoms with Crippen LogP contribution in [0.3, 0.4) is 0 Å². The van der Waals surface area contributed by atoms with Gasteiger partial charge in [-0.2, -0.15) is 9.97 Å². The summed E-state index contributed by atoms with van der Waals surface area (Å²) in [5, 5.41) is 4.38. The second-order valence-electron chi connectivity index (χ2n) is 11.6. The third kappa shape index (κ3) is 3.86. The maximum absolute atomic E-state index is 5.17. The highest BCUT2D eigenvalue weighted by molar-refractivity contribution is 7.21. The third-order valence-electron chi connectivity index (χ3n) is 9.16. The Morgan fingerprint density at radius 1 is 0.542 bits per heavy atom. The molecular weight excluding hydrogens is 631 g/mol. The first-order valence-corrected chi connectivity index (χ1v) is 17.3. The van der Waals surface area contributed by atoms with Crippen LogP contribution >= 0.6 is 22.7 Å². The van der Waals surface area contributed by atoms with E-state index in [1.54, 1.807) is 35.2 Å². The Kier molecular flexibility index (Phi) is 5.99. The molecule has 48 heavy (non-hydrogen) atoms. The number of rotatable bonds is 4. The smallest absolute Gasteiger partial charge is 0.239 e. The fraction of sp³-hybridized carbons (Fsp3) is 0.0256. The van der Waals surface area contributed by atoms with Gasteiger partial charge in [0.2, 0.25) is 5.95 Å². The molecule has 1 aliphatic carbocycles. The van der Waals surface area contributed by atoms with E-state index in [0.29, 0.717) is 17.6 Å². The van der Waals surface area contributed by atoms with Crippen LogP contribution < -0.4 is 4.90 Å². The molecule has 2 aliphatic rings. The van der Waals surface area contributed by atoms with Crippen molar-refractivity contribution in [3.05, 3.63) is 161 Å². The number of para-hydroxylation sites is 1. The van der Waals surface area contributed by atoms with Crippen molar-refractivity contribution in [2.75, 3.05) is 4.90 Å². The molecule has 8 aromatic rings. The molecule has 1 aliphatic heterocycles. The minimum absolute atomic E-state index is 0.490. The minimum Gasteiger partial charge on any atom is -0.262 e. The zero-order valence-electron chi connectivity index (χ0n) is 25.2. The van der Waals surface area contributed by atoms with Crippen molar-refractivity contribution >= 4 is 40.1 Å². The number of aromatic nitrogens is 6. The van der Waals surface area contributed by atoms with Crippen molar-refractivity contribution in [1.82, 2.24) is 29.9 Å². The second kappa shape index (κ2) is 10.6. The van der Waals surface area contributed by atoms with E-state index < -0.39 is 5.41 Å². The lowest BCUT2D eigenvalue weighted by Crippen LogP contribution is -2.37. The molecule has 0 saturated carbocycles. The van der Waals surface area contributed by atoms with Gasteiger partial charge in [-0.1, -0.05) is 78.9 Å². The lowest BCUT2D eigenvalue weighted by molar-refractivity contribution is 0.736. The lowest BCUT2D eigenvalue weighted by Gasteiger charge is -2.42. The van der Waals surface area contributed by atoms with Gasteiger partial charge in [0.05, 0.1) is 16.8 Å². The summed E-state index contributed by atoms with van der Waals surface area (Å²) < 4.78 is 0. The number of fused-ring (bicyclic) bond motifs is 9. The summed E-state index contributed by atoms with van der Waals surface area (Å²) in [7, 11) is 0. The van der Waals surface area contributed by atoms with Crippen LogP contribution in [0.2, 0.25) is 0 Å². The van der Waals surface area contributed by atoms with Gasteiger partial charge in [0.25, 0.3) is 0 Å². The number of hydrogen-bond donors (Lipinski definition) is 0. The molecule has 0 N–H and O–H groups in total. The van der Waals surface area contributed by atoms with Gasteiger partial charge < -0.3 is 0 Å². The molecule has 9 heteroatoms. The maximum Gasteiger partial charge on any atom is 0.239 e. The molecule has 0 bridgehead atoms. The van der Waals surface area contributed by atoms with E-state index in [4.69, 9.17) is 19.9 Å². The maximum atomic E-state index is 5.17. The van der Waals surface area contributed by atoms with Gasteiger partial charge in [-0.25, -0.2) is 15.0 Å². The average Bonchev–Trinajstić information content (AvgIpc) is 3.90. The van der Waals surface area contributed by atoms with Crippen LogP contribution in [0, 0.1) is 0 Å². The molecule has 3 aromatic carbocycles. The van der Waals surface area contributed by atoms with E-state index in [1.807, 2.05) is 66.9 Å². The molecule has 10 rings (SSSR count). The topological polar surface area (TPSA) is 80.6 Å². The van der Waals surface area contributed by atoms with E-state index in [-0.39, 0.29) is 0 Å². The second-order valence-corrected chi connectivity index (χ2v) is 13.5. The standard InChI is InChI=1S/C39H23N7S2/c1-2-8-25(9-3-1)35-43-36(26-15-13-24(14-16-26)31-11-6-7-19-41-31)45-38(44-35)46-32-12-5-4-10-27(32)39(30-22-40-23-42-37(30)46)28-17-20-47-33(28)34-29(39)18-21-48-34/h1-23H. The first kappa shape index (κ1) is 27.2. The fourth-order valence-corrected chi connectivity index (χ4v) is 9.23. The highest BCUT2D eigenvalue weighted by Gasteiger charge is 2.54. The lowest BCUT2D eigenvalue weighted by atomic mass is 9.66. The number of benzene rings is 3. The number of thiophene rings is 2. The zero-order chi connectivity index (χ0) is 31.7. The molecule has 6 heterocycles. The van der Waals surface area contributed by atoms with E-state index in [9.17, 15) is 0 Å². The molecule has 0 fully saturated rings. The van der Waals surface area contributed by atoms with Crippen LogP contribution in [-0.4, -0.2) is 29.9 Å². The summed E-state index contributed by atoms with van der Waals surface area (Å²) in [5.41, 5.74) is 8.83. The van der Waals surface area contributed by atoms with E-state index in [0.717, 1.165) is 45.0 Å². The largest absolute Gasteiger partial charge is 0.262 e. The normalized spacial score (nSPS) is 13.5. The van der Waals surface area contributed by atoms with Crippen LogP contribution in [0.15, 0.2) is 139 Å². The Balaban J connectivity index is 1.21. The van der Waals surface area contributed by atoms with Gasteiger partial charge in [-0.3, -0.25) is 9.88 Å². The highest BCUT2D eigenvalue weighted by Crippen LogP contribution is 2.64. The SMILES string of the molecule is c1ccc(-c2nc(-c3ccc(-c4ccccn4)cc3)nc(N3c4ccccc4C4(c5cncnc53)c3ccsc3-c3sccc34)n2)cc1.